The predicted molar refractivity (Wildman–Crippen MR) is 84.2 cm³/mol. The Morgan fingerprint density at radius 3 is 2.76 bits per heavy atom. The Labute approximate surface area is 131 Å². The molecular weight excluding hydrogens is 292 g/mol. The molecule has 0 heterocycles. The second-order valence-electron chi connectivity index (χ2n) is 4.53. The van der Waals surface area contributed by atoms with Crippen LogP contribution in [-0.2, 0) is 11.3 Å². The van der Waals surface area contributed by atoms with E-state index >= 15 is 0 Å². The van der Waals surface area contributed by atoms with E-state index in [0.717, 1.165) is 18.5 Å². The van der Waals surface area contributed by atoms with Gasteiger partial charge < -0.3 is 20.1 Å². The van der Waals surface area contributed by atoms with Gasteiger partial charge in [-0.05, 0) is 44.6 Å². The lowest BCUT2D eigenvalue weighted by molar-refractivity contribution is -0.121. The molecule has 1 aromatic carbocycles. The summed E-state index contributed by atoms with van der Waals surface area (Å²) in [5.74, 6) is 1.13. The molecule has 5 nitrogen and oxygen atoms in total. The highest BCUT2D eigenvalue weighted by molar-refractivity contribution is 6.32. The van der Waals surface area contributed by atoms with Gasteiger partial charge in [0.25, 0.3) is 0 Å². The third kappa shape index (κ3) is 5.81. The molecule has 0 aromatic heterocycles. The first kappa shape index (κ1) is 17.6. The average Bonchev–Trinajstić information content (AvgIpc) is 2.47. The molecule has 0 unspecified atom stereocenters. The molecule has 6 heteroatoms. The molecule has 21 heavy (non-hydrogen) atoms. The van der Waals surface area contributed by atoms with E-state index in [4.69, 9.17) is 21.1 Å². The first-order chi connectivity index (χ1) is 10.1. The highest BCUT2D eigenvalue weighted by Crippen LogP contribution is 2.36. The third-order valence-electron chi connectivity index (χ3n) is 2.90. The fourth-order valence-corrected chi connectivity index (χ4v) is 2.16. The van der Waals surface area contributed by atoms with Crippen LogP contribution in [0.25, 0.3) is 0 Å². The van der Waals surface area contributed by atoms with Crippen molar-refractivity contribution in [1.82, 2.24) is 10.6 Å². The van der Waals surface area contributed by atoms with Gasteiger partial charge in [0.05, 0.1) is 18.7 Å². The van der Waals surface area contributed by atoms with Crippen LogP contribution < -0.4 is 20.1 Å². The summed E-state index contributed by atoms with van der Waals surface area (Å²) in [4.78, 5) is 11.7. The van der Waals surface area contributed by atoms with E-state index in [1.807, 2.05) is 20.0 Å². The molecule has 0 fully saturated rings. The standard InChI is InChI=1S/C15H23ClN2O3/c1-4-21-15-12(16)8-11(9-13(15)20-3)10-18-14(19)6-5-7-17-2/h8-9,17H,4-7,10H2,1-3H3,(H,18,19). The van der Waals surface area contributed by atoms with Crippen molar-refractivity contribution in [3.63, 3.8) is 0 Å². The van der Waals surface area contributed by atoms with Gasteiger partial charge in [-0.25, -0.2) is 0 Å². The van der Waals surface area contributed by atoms with Crippen LogP contribution in [0.3, 0.4) is 0 Å². The summed E-state index contributed by atoms with van der Waals surface area (Å²) >= 11 is 6.18. The number of methoxy groups -OCH3 is 1. The van der Waals surface area contributed by atoms with E-state index in [-0.39, 0.29) is 5.91 Å². The fraction of sp³-hybridized carbons (Fsp3) is 0.533. The van der Waals surface area contributed by atoms with Gasteiger partial charge in [0.2, 0.25) is 5.91 Å². The zero-order valence-corrected chi connectivity index (χ0v) is 13.5. The van der Waals surface area contributed by atoms with Crippen molar-refractivity contribution < 1.29 is 14.3 Å². The van der Waals surface area contributed by atoms with Crippen molar-refractivity contribution in [1.29, 1.82) is 0 Å². The number of carbonyl (C=O) groups is 1. The summed E-state index contributed by atoms with van der Waals surface area (Å²) in [7, 11) is 3.43. The van der Waals surface area contributed by atoms with E-state index < -0.39 is 0 Å². The first-order valence-electron chi connectivity index (χ1n) is 7.02. The van der Waals surface area contributed by atoms with E-state index in [0.29, 0.717) is 36.1 Å². The molecule has 1 aromatic rings. The maximum atomic E-state index is 11.7. The highest BCUT2D eigenvalue weighted by Gasteiger charge is 2.12. The Balaban J connectivity index is 2.63. The Bertz CT molecular complexity index is 466. The number of halogens is 1. The van der Waals surface area contributed by atoms with Gasteiger partial charge >= 0.3 is 0 Å². The van der Waals surface area contributed by atoms with Crippen molar-refractivity contribution in [2.45, 2.75) is 26.3 Å². The Morgan fingerprint density at radius 1 is 1.38 bits per heavy atom. The minimum absolute atomic E-state index is 0.0224. The first-order valence-corrected chi connectivity index (χ1v) is 7.40. The molecule has 2 N–H and O–H groups in total. The van der Waals surface area contributed by atoms with Crippen LogP contribution in [0.15, 0.2) is 12.1 Å². The molecule has 0 saturated carbocycles. The number of hydrogen-bond donors (Lipinski definition) is 2. The molecule has 1 amide bonds. The largest absolute Gasteiger partial charge is 0.493 e. The summed E-state index contributed by atoms with van der Waals surface area (Å²) in [6, 6.07) is 3.60. The minimum Gasteiger partial charge on any atom is -0.493 e. The molecule has 0 bridgehead atoms. The molecule has 0 aliphatic carbocycles. The molecule has 0 aliphatic heterocycles. The zero-order chi connectivity index (χ0) is 15.7. The summed E-state index contributed by atoms with van der Waals surface area (Å²) < 4.78 is 10.7. The summed E-state index contributed by atoms with van der Waals surface area (Å²) in [6.45, 7) is 3.64. The lowest BCUT2D eigenvalue weighted by atomic mass is 10.2. The number of benzene rings is 1. The lowest BCUT2D eigenvalue weighted by Gasteiger charge is -2.13. The van der Waals surface area contributed by atoms with Crippen LogP contribution in [0.4, 0.5) is 0 Å². The Kier molecular flexibility index (Phi) is 7.93. The predicted octanol–water partition coefficient (Wildman–Crippen LogP) is 2.36. The van der Waals surface area contributed by atoms with E-state index in [1.165, 1.54) is 0 Å². The van der Waals surface area contributed by atoms with Crippen molar-refractivity contribution in [3.05, 3.63) is 22.7 Å². The topological polar surface area (TPSA) is 59.6 Å². The van der Waals surface area contributed by atoms with Crippen LogP contribution in [0, 0.1) is 0 Å². The molecule has 1 rings (SSSR count). The molecular formula is C15H23ClN2O3. The summed E-state index contributed by atoms with van der Waals surface area (Å²) in [5, 5.41) is 6.36. The SMILES string of the molecule is CCOc1c(Cl)cc(CNC(=O)CCCNC)cc1OC. The number of carbonyl (C=O) groups excluding carboxylic acids is 1. The second-order valence-corrected chi connectivity index (χ2v) is 4.93. The Morgan fingerprint density at radius 2 is 2.14 bits per heavy atom. The number of rotatable bonds is 9. The smallest absolute Gasteiger partial charge is 0.220 e. The van der Waals surface area contributed by atoms with Crippen molar-refractivity contribution in [3.8, 4) is 11.5 Å². The highest BCUT2D eigenvalue weighted by atomic mass is 35.5. The van der Waals surface area contributed by atoms with E-state index in [2.05, 4.69) is 10.6 Å². The minimum atomic E-state index is 0.0224. The molecule has 0 saturated heterocycles. The second kappa shape index (κ2) is 9.47. The fourth-order valence-electron chi connectivity index (χ4n) is 1.87. The van der Waals surface area contributed by atoms with Gasteiger partial charge in [-0.15, -0.1) is 0 Å². The number of hydrogen-bond acceptors (Lipinski definition) is 4. The van der Waals surface area contributed by atoms with Crippen molar-refractivity contribution in [2.24, 2.45) is 0 Å². The molecule has 0 aliphatic rings. The number of amides is 1. The summed E-state index contributed by atoms with van der Waals surface area (Å²) in [6.07, 6.45) is 1.32. The van der Waals surface area contributed by atoms with E-state index in [9.17, 15) is 4.79 Å². The van der Waals surface area contributed by atoms with Gasteiger partial charge in [-0.2, -0.15) is 0 Å². The van der Waals surface area contributed by atoms with Crippen molar-refractivity contribution in [2.75, 3.05) is 27.3 Å². The van der Waals surface area contributed by atoms with Crippen LogP contribution in [0.1, 0.15) is 25.3 Å². The van der Waals surface area contributed by atoms with Gasteiger partial charge in [0, 0.05) is 13.0 Å². The number of ether oxygens (including phenoxy) is 2. The molecule has 0 spiro atoms. The molecule has 0 atom stereocenters. The Hall–Kier alpha value is -1.46. The lowest BCUT2D eigenvalue weighted by Crippen LogP contribution is -2.23. The normalized spacial score (nSPS) is 10.3. The third-order valence-corrected chi connectivity index (χ3v) is 3.18. The van der Waals surface area contributed by atoms with Crippen LogP contribution in [0.2, 0.25) is 5.02 Å². The average molecular weight is 315 g/mol. The van der Waals surface area contributed by atoms with Gasteiger partial charge in [0.15, 0.2) is 11.5 Å². The van der Waals surface area contributed by atoms with Crippen LogP contribution in [0.5, 0.6) is 11.5 Å². The van der Waals surface area contributed by atoms with Crippen molar-refractivity contribution >= 4 is 17.5 Å². The monoisotopic (exact) mass is 314 g/mol. The van der Waals surface area contributed by atoms with Gasteiger partial charge in [-0.3, -0.25) is 4.79 Å². The number of nitrogens with one attached hydrogen (secondary N) is 2. The van der Waals surface area contributed by atoms with Crippen LogP contribution in [-0.4, -0.2) is 33.2 Å². The zero-order valence-electron chi connectivity index (χ0n) is 12.8. The quantitative estimate of drug-likeness (QED) is 0.687. The molecule has 0 radical (unpaired) electrons. The van der Waals surface area contributed by atoms with Gasteiger partial charge in [0.1, 0.15) is 0 Å². The van der Waals surface area contributed by atoms with Gasteiger partial charge in [-0.1, -0.05) is 11.6 Å². The maximum Gasteiger partial charge on any atom is 0.220 e. The molecule has 118 valence electrons. The maximum absolute atomic E-state index is 11.7. The van der Waals surface area contributed by atoms with E-state index in [1.54, 1.807) is 13.2 Å². The summed E-state index contributed by atoms with van der Waals surface area (Å²) in [5.41, 5.74) is 0.877. The van der Waals surface area contributed by atoms with Crippen LogP contribution >= 0.6 is 11.6 Å².